The molecule has 1 amide bonds. The molecule has 6 nitrogen and oxygen atoms in total. The molecule has 1 saturated heterocycles. The van der Waals surface area contributed by atoms with Gasteiger partial charge in [0, 0.05) is 13.1 Å². The molecule has 0 spiro atoms. The van der Waals surface area contributed by atoms with Gasteiger partial charge in [-0.25, -0.2) is 4.79 Å². The van der Waals surface area contributed by atoms with Crippen molar-refractivity contribution < 1.29 is 19.4 Å². The van der Waals surface area contributed by atoms with Crippen LogP contribution in [0.3, 0.4) is 0 Å². The summed E-state index contributed by atoms with van der Waals surface area (Å²) in [5.41, 5.74) is 1.24. The van der Waals surface area contributed by atoms with Crippen molar-refractivity contribution in [3.05, 3.63) is 29.8 Å². The molecular formula is C17H24N2O4. The van der Waals surface area contributed by atoms with Gasteiger partial charge in [0.15, 0.2) is 0 Å². The molecule has 6 heteroatoms. The number of piperidine rings is 1. The summed E-state index contributed by atoms with van der Waals surface area (Å²) in [4.78, 5) is 23.7. The number of carboxylic acids is 1. The zero-order valence-electron chi connectivity index (χ0n) is 13.3. The monoisotopic (exact) mass is 320 g/mol. The number of benzene rings is 1. The fraction of sp³-hybridized carbons (Fsp3) is 0.529. The van der Waals surface area contributed by atoms with Crippen LogP contribution in [0.15, 0.2) is 24.3 Å². The predicted octanol–water partition coefficient (Wildman–Crippen LogP) is 1.64. The molecule has 1 aliphatic heterocycles. The first kappa shape index (κ1) is 17.3. The number of hydrogen-bond donors (Lipinski definition) is 2. The van der Waals surface area contributed by atoms with Crippen molar-refractivity contribution in [2.24, 2.45) is 0 Å². The van der Waals surface area contributed by atoms with Gasteiger partial charge in [0.1, 0.15) is 5.75 Å². The number of aliphatic carboxylic acids is 1. The van der Waals surface area contributed by atoms with Crippen molar-refractivity contribution in [1.82, 2.24) is 10.2 Å². The zero-order valence-corrected chi connectivity index (χ0v) is 13.3. The first-order valence-corrected chi connectivity index (χ1v) is 8.10. The zero-order chi connectivity index (χ0) is 16.5. The lowest BCUT2D eigenvalue weighted by atomic mass is 10.1. The van der Waals surface area contributed by atoms with Gasteiger partial charge < -0.3 is 15.2 Å². The number of nitrogens with zero attached hydrogens (tertiary/aromatic N) is 1. The van der Waals surface area contributed by atoms with E-state index < -0.39 is 11.9 Å². The Hall–Kier alpha value is -2.08. The topological polar surface area (TPSA) is 78.9 Å². The molecule has 2 N–H and O–H groups in total. The molecule has 0 radical (unpaired) electrons. The molecule has 0 aliphatic carbocycles. The van der Waals surface area contributed by atoms with E-state index in [1.165, 1.54) is 24.8 Å². The Balaban J connectivity index is 1.70. The van der Waals surface area contributed by atoms with Crippen molar-refractivity contribution in [3.63, 3.8) is 0 Å². The minimum Gasteiger partial charge on any atom is -0.494 e. The fourth-order valence-corrected chi connectivity index (χ4v) is 2.65. The van der Waals surface area contributed by atoms with Gasteiger partial charge in [0.2, 0.25) is 0 Å². The van der Waals surface area contributed by atoms with Crippen LogP contribution in [0.25, 0.3) is 0 Å². The second-order valence-corrected chi connectivity index (χ2v) is 5.75. The standard InChI is InChI=1S/C17H24N2O4/c20-16(17(21)22)18-8-5-11-23-15-7-4-6-14(12-15)13-19-9-2-1-3-10-19/h4,6-7,12H,1-3,5,8-11,13H2,(H,18,20)(H,21,22). The van der Waals surface area contributed by atoms with Crippen LogP contribution >= 0.6 is 0 Å². The van der Waals surface area contributed by atoms with Crippen LogP contribution in [-0.4, -0.2) is 48.1 Å². The van der Waals surface area contributed by atoms with Crippen LogP contribution in [0.4, 0.5) is 0 Å². The van der Waals surface area contributed by atoms with E-state index in [0.29, 0.717) is 19.6 Å². The summed E-state index contributed by atoms with van der Waals surface area (Å²) in [5, 5.41) is 10.7. The summed E-state index contributed by atoms with van der Waals surface area (Å²) in [7, 11) is 0. The summed E-state index contributed by atoms with van der Waals surface area (Å²) in [6.07, 6.45) is 4.45. The molecule has 23 heavy (non-hydrogen) atoms. The Kier molecular flexibility index (Phi) is 6.87. The first-order valence-electron chi connectivity index (χ1n) is 8.10. The van der Waals surface area contributed by atoms with Crippen LogP contribution in [0, 0.1) is 0 Å². The van der Waals surface area contributed by atoms with Gasteiger partial charge in [-0.05, 0) is 50.0 Å². The molecule has 0 saturated carbocycles. The summed E-state index contributed by atoms with van der Waals surface area (Å²) in [5.74, 6) is -1.63. The normalized spacial score (nSPS) is 15.1. The molecule has 1 aliphatic rings. The van der Waals surface area contributed by atoms with E-state index in [1.807, 2.05) is 18.2 Å². The van der Waals surface area contributed by atoms with Crippen molar-refractivity contribution in [1.29, 1.82) is 0 Å². The van der Waals surface area contributed by atoms with Crippen molar-refractivity contribution in [3.8, 4) is 5.75 Å². The number of likely N-dealkylation sites (tertiary alicyclic amines) is 1. The smallest absolute Gasteiger partial charge is 0.394 e. The van der Waals surface area contributed by atoms with Crippen LogP contribution < -0.4 is 10.1 Å². The highest BCUT2D eigenvalue weighted by atomic mass is 16.5. The van der Waals surface area contributed by atoms with Gasteiger partial charge in [-0.1, -0.05) is 18.6 Å². The Morgan fingerprint density at radius 2 is 2.00 bits per heavy atom. The summed E-state index contributed by atoms with van der Waals surface area (Å²) < 4.78 is 5.66. The van der Waals surface area contributed by atoms with E-state index >= 15 is 0 Å². The summed E-state index contributed by atoms with van der Waals surface area (Å²) in [6.45, 7) is 4.00. The largest absolute Gasteiger partial charge is 0.494 e. The highest BCUT2D eigenvalue weighted by Gasteiger charge is 2.11. The van der Waals surface area contributed by atoms with Gasteiger partial charge in [0.25, 0.3) is 0 Å². The highest BCUT2D eigenvalue weighted by molar-refractivity contribution is 6.31. The quantitative estimate of drug-likeness (QED) is 0.590. The van der Waals surface area contributed by atoms with Gasteiger partial charge in [0.05, 0.1) is 6.61 Å². The minimum absolute atomic E-state index is 0.290. The average molecular weight is 320 g/mol. The molecular weight excluding hydrogens is 296 g/mol. The lowest BCUT2D eigenvalue weighted by Crippen LogP contribution is -2.31. The minimum atomic E-state index is -1.46. The molecule has 0 bridgehead atoms. The van der Waals surface area contributed by atoms with E-state index in [1.54, 1.807) is 0 Å². The lowest BCUT2D eigenvalue weighted by Gasteiger charge is -2.26. The third kappa shape index (κ3) is 6.28. The Morgan fingerprint density at radius 3 is 2.74 bits per heavy atom. The number of amides is 1. The molecule has 2 rings (SSSR count). The van der Waals surface area contributed by atoms with Gasteiger partial charge in [-0.2, -0.15) is 0 Å². The SMILES string of the molecule is O=C(O)C(=O)NCCCOc1cccc(CN2CCCCC2)c1. The molecule has 0 unspecified atom stereocenters. The average Bonchev–Trinajstić information content (AvgIpc) is 2.55. The highest BCUT2D eigenvalue weighted by Crippen LogP contribution is 2.17. The van der Waals surface area contributed by atoms with Crippen molar-refractivity contribution >= 4 is 11.9 Å². The maximum absolute atomic E-state index is 10.9. The van der Waals surface area contributed by atoms with Crippen LogP contribution in [0.1, 0.15) is 31.2 Å². The molecule has 126 valence electrons. The second-order valence-electron chi connectivity index (χ2n) is 5.75. The number of nitrogens with one attached hydrogen (secondary N) is 1. The first-order chi connectivity index (χ1) is 11.1. The van der Waals surface area contributed by atoms with Crippen LogP contribution in [0.5, 0.6) is 5.75 Å². The van der Waals surface area contributed by atoms with Crippen LogP contribution in [0.2, 0.25) is 0 Å². The molecule has 1 aromatic rings. The molecule has 1 heterocycles. The van der Waals surface area contributed by atoms with Gasteiger partial charge in [-0.15, -0.1) is 0 Å². The molecule has 0 aromatic heterocycles. The Bertz CT molecular complexity index is 527. The van der Waals surface area contributed by atoms with Gasteiger partial charge >= 0.3 is 11.9 Å². The van der Waals surface area contributed by atoms with Crippen molar-refractivity contribution in [2.45, 2.75) is 32.2 Å². The Morgan fingerprint density at radius 1 is 1.22 bits per heavy atom. The van der Waals surface area contributed by atoms with E-state index in [2.05, 4.69) is 16.3 Å². The second kappa shape index (κ2) is 9.15. The fourth-order valence-electron chi connectivity index (χ4n) is 2.65. The van der Waals surface area contributed by atoms with E-state index in [4.69, 9.17) is 9.84 Å². The van der Waals surface area contributed by atoms with Gasteiger partial charge in [-0.3, -0.25) is 9.69 Å². The summed E-state index contributed by atoms with van der Waals surface area (Å²) in [6, 6.07) is 8.05. The predicted molar refractivity (Wildman–Crippen MR) is 86.3 cm³/mol. The van der Waals surface area contributed by atoms with E-state index in [0.717, 1.165) is 25.4 Å². The number of carbonyl (C=O) groups is 2. The maximum atomic E-state index is 10.9. The Labute approximate surface area is 136 Å². The number of ether oxygens (including phenoxy) is 1. The summed E-state index contributed by atoms with van der Waals surface area (Å²) >= 11 is 0. The third-order valence-electron chi connectivity index (χ3n) is 3.82. The number of carboxylic acid groups (broad SMARTS) is 1. The van der Waals surface area contributed by atoms with Crippen LogP contribution in [-0.2, 0) is 16.1 Å². The van der Waals surface area contributed by atoms with E-state index in [9.17, 15) is 9.59 Å². The molecule has 1 aromatic carbocycles. The lowest BCUT2D eigenvalue weighted by molar-refractivity contribution is -0.150. The van der Waals surface area contributed by atoms with E-state index in [-0.39, 0.29) is 0 Å². The third-order valence-corrected chi connectivity index (χ3v) is 3.82. The number of hydrogen-bond acceptors (Lipinski definition) is 4. The maximum Gasteiger partial charge on any atom is 0.394 e. The number of carbonyl (C=O) groups excluding carboxylic acids is 1. The van der Waals surface area contributed by atoms with Crippen molar-refractivity contribution in [2.75, 3.05) is 26.2 Å². The molecule has 1 fully saturated rings. The number of rotatable bonds is 7. The molecule has 0 atom stereocenters.